The fraction of sp³-hybridized carbons (Fsp3) is 0.548. The smallest absolute Gasteiger partial charge is 0.251 e. The second-order valence-electron chi connectivity index (χ2n) is 11.2. The van der Waals surface area contributed by atoms with Crippen LogP contribution in [-0.2, 0) is 11.2 Å². The first-order chi connectivity index (χ1) is 17.0. The summed E-state index contributed by atoms with van der Waals surface area (Å²) < 4.78 is 5.47. The van der Waals surface area contributed by atoms with Crippen LogP contribution < -0.4 is 10.1 Å². The number of carbonyl (C=O) groups excluding carboxylic acids is 2. The normalized spacial score (nSPS) is 29.1. The number of amides is 1. The molecule has 0 aliphatic heterocycles. The van der Waals surface area contributed by atoms with E-state index < -0.39 is 0 Å². The largest absolute Gasteiger partial charge is 0.497 e. The zero-order chi connectivity index (χ0) is 24.4. The van der Waals surface area contributed by atoms with E-state index in [1.807, 2.05) is 30.3 Å². The van der Waals surface area contributed by atoms with E-state index in [0.29, 0.717) is 36.0 Å². The molecule has 5 rings (SSSR count). The number of hydrogen-bond donors (Lipinski definition) is 1. The van der Waals surface area contributed by atoms with E-state index in [0.717, 1.165) is 62.7 Å². The standard InChI is InChI=1S/C31H39NO3/c1-31-17-16-26-25-15-13-24(35-2)19-22(25)12-14-27(26)29(31)23(20-28(31)33)11-7-4-8-18-32-30(34)21-9-5-3-6-10-21/h3,5-6,9-10,13,15,19,23,26-27,29H,4,7-8,11-12,14,16-18,20H2,1-2H3,(H,32,34)/t23?,26-,27-,29+,31-/m1/s1. The number of hydrogen-bond acceptors (Lipinski definition) is 3. The molecule has 0 bridgehead atoms. The van der Waals surface area contributed by atoms with Crippen molar-refractivity contribution in [1.82, 2.24) is 5.32 Å². The van der Waals surface area contributed by atoms with Crippen LogP contribution in [0.5, 0.6) is 5.75 Å². The lowest BCUT2D eigenvalue weighted by atomic mass is 9.54. The molecule has 5 atom stereocenters. The van der Waals surface area contributed by atoms with Gasteiger partial charge in [0.2, 0.25) is 0 Å². The first-order valence-corrected chi connectivity index (χ1v) is 13.5. The predicted octanol–water partition coefficient (Wildman–Crippen LogP) is 6.34. The van der Waals surface area contributed by atoms with E-state index in [9.17, 15) is 9.59 Å². The molecular weight excluding hydrogens is 434 g/mol. The van der Waals surface area contributed by atoms with Gasteiger partial charge in [-0.25, -0.2) is 0 Å². The van der Waals surface area contributed by atoms with Gasteiger partial charge in [-0.05, 0) is 97.6 Å². The third-order valence-electron chi connectivity index (χ3n) is 9.35. The Labute approximate surface area is 209 Å². The molecule has 1 N–H and O–H groups in total. The van der Waals surface area contributed by atoms with Crippen LogP contribution in [0.4, 0.5) is 0 Å². The van der Waals surface area contributed by atoms with E-state index in [1.54, 1.807) is 7.11 Å². The molecule has 0 radical (unpaired) electrons. The first kappa shape index (κ1) is 24.1. The molecule has 2 saturated carbocycles. The van der Waals surface area contributed by atoms with Crippen LogP contribution >= 0.6 is 0 Å². The van der Waals surface area contributed by atoms with Crippen LogP contribution in [0.1, 0.15) is 85.7 Å². The molecule has 3 aliphatic carbocycles. The third-order valence-corrected chi connectivity index (χ3v) is 9.35. The molecule has 0 saturated heterocycles. The molecule has 1 amide bonds. The highest BCUT2D eigenvalue weighted by Gasteiger charge is 2.58. The molecule has 0 heterocycles. The fourth-order valence-electron chi connectivity index (χ4n) is 7.61. The lowest BCUT2D eigenvalue weighted by molar-refractivity contribution is -0.129. The number of rotatable bonds is 8. The van der Waals surface area contributed by atoms with Gasteiger partial charge in [0.05, 0.1) is 7.11 Å². The number of fused-ring (bicyclic) bond motifs is 5. The summed E-state index contributed by atoms with van der Waals surface area (Å²) in [5.74, 6) is 3.71. The summed E-state index contributed by atoms with van der Waals surface area (Å²) in [6, 6.07) is 16.0. The average molecular weight is 474 g/mol. The number of unbranched alkanes of at least 4 members (excludes halogenated alkanes) is 2. The second-order valence-corrected chi connectivity index (χ2v) is 11.2. The topological polar surface area (TPSA) is 55.4 Å². The number of Topliss-reactive ketones (excluding diaryl/α,β-unsaturated/α-hetero) is 1. The Kier molecular flexibility index (Phi) is 7.00. The molecular formula is C31H39NO3. The highest BCUT2D eigenvalue weighted by Crippen LogP contribution is 2.62. The van der Waals surface area contributed by atoms with Crippen molar-refractivity contribution in [2.45, 2.75) is 70.6 Å². The molecule has 0 spiro atoms. The summed E-state index contributed by atoms with van der Waals surface area (Å²) in [7, 11) is 1.74. The van der Waals surface area contributed by atoms with Crippen LogP contribution in [0.2, 0.25) is 0 Å². The number of aryl methyl sites for hydroxylation is 1. The third kappa shape index (κ3) is 4.64. The van der Waals surface area contributed by atoms with Crippen molar-refractivity contribution in [3.05, 3.63) is 65.2 Å². The van der Waals surface area contributed by atoms with E-state index in [1.165, 1.54) is 17.5 Å². The summed E-state index contributed by atoms with van der Waals surface area (Å²) in [5.41, 5.74) is 3.55. The van der Waals surface area contributed by atoms with Gasteiger partial charge in [0.15, 0.2) is 0 Å². The van der Waals surface area contributed by atoms with E-state index >= 15 is 0 Å². The molecule has 35 heavy (non-hydrogen) atoms. The number of benzene rings is 2. The molecule has 3 aliphatic rings. The molecule has 4 heteroatoms. The Balaban J connectivity index is 1.17. The zero-order valence-electron chi connectivity index (χ0n) is 21.2. The lowest BCUT2D eigenvalue weighted by Crippen LogP contribution is -2.44. The van der Waals surface area contributed by atoms with Crippen LogP contribution in [0.15, 0.2) is 48.5 Å². The Bertz CT molecular complexity index is 1060. The van der Waals surface area contributed by atoms with Gasteiger partial charge in [0.25, 0.3) is 5.91 Å². The maximum absolute atomic E-state index is 13.2. The van der Waals surface area contributed by atoms with Crippen molar-refractivity contribution < 1.29 is 14.3 Å². The molecule has 2 aromatic carbocycles. The van der Waals surface area contributed by atoms with Crippen LogP contribution in [-0.4, -0.2) is 25.3 Å². The van der Waals surface area contributed by atoms with Gasteiger partial charge >= 0.3 is 0 Å². The predicted molar refractivity (Wildman–Crippen MR) is 139 cm³/mol. The van der Waals surface area contributed by atoms with Crippen LogP contribution in [0.3, 0.4) is 0 Å². The van der Waals surface area contributed by atoms with Crippen molar-refractivity contribution in [3.63, 3.8) is 0 Å². The van der Waals surface area contributed by atoms with Crippen molar-refractivity contribution in [3.8, 4) is 5.75 Å². The average Bonchev–Trinajstić information content (AvgIpc) is 3.15. The molecule has 2 aromatic rings. The minimum Gasteiger partial charge on any atom is -0.497 e. The van der Waals surface area contributed by atoms with Crippen molar-refractivity contribution in [2.24, 2.45) is 23.2 Å². The summed E-state index contributed by atoms with van der Waals surface area (Å²) in [6.45, 7) is 2.99. The number of methoxy groups -OCH3 is 1. The number of ether oxygens (including phenoxy) is 1. The quantitative estimate of drug-likeness (QED) is 0.455. The molecule has 4 nitrogen and oxygen atoms in total. The fourth-order valence-corrected chi connectivity index (χ4v) is 7.61. The molecule has 0 aromatic heterocycles. The van der Waals surface area contributed by atoms with Gasteiger partial charge in [-0.3, -0.25) is 9.59 Å². The second kappa shape index (κ2) is 10.2. The number of ketones is 1. The Morgan fingerprint density at radius 3 is 2.71 bits per heavy atom. The van der Waals surface area contributed by atoms with Gasteiger partial charge in [0.1, 0.15) is 11.5 Å². The van der Waals surface area contributed by atoms with Gasteiger partial charge in [-0.1, -0.05) is 44.0 Å². The van der Waals surface area contributed by atoms with Gasteiger partial charge in [0, 0.05) is 23.9 Å². The Hall–Kier alpha value is -2.62. The Morgan fingerprint density at radius 2 is 1.91 bits per heavy atom. The van der Waals surface area contributed by atoms with Crippen LogP contribution in [0.25, 0.3) is 0 Å². The summed E-state index contributed by atoms with van der Waals surface area (Å²) in [5, 5.41) is 3.04. The van der Waals surface area contributed by atoms with Crippen LogP contribution in [0, 0.1) is 23.2 Å². The number of carbonyl (C=O) groups is 2. The summed E-state index contributed by atoms with van der Waals surface area (Å²) in [4.78, 5) is 25.4. The minimum absolute atomic E-state index is 0.00574. The van der Waals surface area contributed by atoms with Gasteiger partial charge in [-0.2, -0.15) is 0 Å². The SMILES string of the molecule is COc1ccc2c(c1)CC[C@@H]1[C@@H]2CC[C@]2(C)C(=O)CC(CCCCCNC(=O)c3ccccc3)[C@@H]12. The highest BCUT2D eigenvalue weighted by atomic mass is 16.5. The Morgan fingerprint density at radius 1 is 1.09 bits per heavy atom. The van der Waals surface area contributed by atoms with E-state index in [2.05, 4.69) is 30.4 Å². The van der Waals surface area contributed by atoms with Gasteiger partial charge < -0.3 is 10.1 Å². The summed E-state index contributed by atoms with van der Waals surface area (Å²) >= 11 is 0. The summed E-state index contributed by atoms with van der Waals surface area (Å²) in [6.07, 6.45) is 9.59. The maximum Gasteiger partial charge on any atom is 0.251 e. The first-order valence-electron chi connectivity index (χ1n) is 13.5. The van der Waals surface area contributed by atoms with Crippen molar-refractivity contribution in [2.75, 3.05) is 13.7 Å². The van der Waals surface area contributed by atoms with Gasteiger partial charge in [-0.15, -0.1) is 0 Å². The molecule has 186 valence electrons. The minimum atomic E-state index is -0.126. The number of nitrogens with one attached hydrogen (secondary N) is 1. The van der Waals surface area contributed by atoms with E-state index in [4.69, 9.17) is 4.74 Å². The molecule has 2 fully saturated rings. The van der Waals surface area contributed by atoms with E-state index in [-0.39, 0.29) is 11.3 Å². The molecule has 1 unspecified atom stereocenters. The monoisotopic (exact) mass is 473 g/mol. The zero-order valence-corrected chi connectivity index (χ0v) is 21.2. The lowest BCUT2D eigenvalue weighted by Gasteiger charge is -2.50. The highest BCUT2D eigenvalue weighted by molar-refractivity contribution is 5.94. The maximum atomic E-state index is 13.2. The van der Waals surface area contributed by atoms with Crippen molar-refractivity contribution in [1.29, 1.82) is 0 Å². The van der Waals surface area contributed by atoms with Crippen molar-refractivity contribution >= 4 is 11.7 Å².